The van der Waals surface area contributed by atoms with Gasteiger partial charge in [0, 0.05) is 30.3 Å². The third-order valence-electron chi connectivity index (χ3n) is 2.86. The van der Waals surface area contributed by atoms with Crippen LogP contribution in [0.5, 0.6) is 5.75 Å². The molecule has 0 spiro atoms. The molecule has 3 nitrogen and oxygen atoms in total. The van der Waals surface area contributed by atoms with E-state index in [9.17, 15) is 0 Å². The second kappa shape index (κ2) is 8.35. The molecule has 1 unspecified atom stereocenters. The number of halogens is 1. The van der Waals surface area contributed by atoms with Crippen molar-refractivity contribution in [2.24, 2.45) is 0 Å². The van der Waals surface area contributed by atoms with E-state index in [0.29, 0.717) is 0 Å². The van der Waals surface area contributed by atoms with Crippen molar-refractivity contribution < 1.29 is 9.47 Å². The maximum atomic E-state index is 6.07. The summed E-state index contributed by atoms with van der Waals surface area (Å²) in [5.74, 6) is 0.878. The Morgan fingerprint density at radius 3 is 2.72 bits per heavy atom. The van der Waals surface area contributed by atoms with Gasteiger partial charge in [-0.05, 0) is 37.6 Å². The summed E-state index contributed by atoms with van der Waals surface area (Å²) >= 11 is 6.07. The largest absolute Gasteiger partial charge is 0.496 e. The lowest BCUT2D eigenvalue weighted by molar-refractivity contribution is 0.188. The molecular weight excluding hydrogens is 250 g/mol. The van der Waals surface area contributed by atoms with Crippen LogP contribution >= 0.6 is 11.6 Å². The average Bonchev–Trinajstić information content (AvgIpc) is 2.38. The first-order valence-corrected chi connectivity index (χ1v) is 6.66. The molecule has 0 heterocycles. The van der Waals surface area contributed by atoms with Gasteiger partial charge in [-0.1, -0.05) is 18.5 Å². The lowest BCUT2D eigenvalue weighted by Crippen LogP contribution is -2.22. The first kappa shape index (κ1) is 15.3. The second-order valence-electron chi connectivity index (χ2n) is 4.13. The summed E-state index contributed by atoms with van der Waals surface area (Å²) in [6.07, 6.45) is 2.00. The second-order valence-corrected chi connectivity index (χ2v) is 4.57. The van der Waals surface area contributed by atoms with Crippen LogP contribution in [0.2, 0.25) is 5.02 Å². The monoisotopic (exact) mass is 271 g/mol. The molecular formula is C14H22ClNO2. The van der Waals surface area contributed by atoms with Crippen molar-refractivity contribution in [3.8, 4) is 5.75 Å². The van der Waals surface area contributed by atoms with Gasteiger partial charge in [-0.15, -0.1) is 0 Å². The van der Waals surface area contributed by atoms with Gasteiger partial charge in [-0.25, -0.2) is 0 Å². The number of benzene rings is 1. The van der Waals surface area contributed by atoms with Crippen LogP contribution in [0.15, 0.2) is 18.2 Å². The molecule has 0 radical (unpaired) electrons. The van der Waals surface area contributed by atoms with Gasteiger partial charge < -0.3 is 14.8 Å². The van der Waals surface area contributed by atoms with Crippen LogP contribution in [0.25, 0.3) is 0 Å². The molecule has 0 saturated heterocycles. The van der Waals surface area contributed by atoms with E-state index in [-0.39, 0.29) is 6.04 Å². The zero-order valence-corrected chi connectivity index (χ0v) is 12.1. The first-order valence-electron chi connectivity index (χ1n) is 6.28. The van der Waals surface area contributed by atoms with Crippen LogP contribution in [0, 0.1) is 0 Å². The van der Waals surface area contributed by atoms with Crippen LogP contribution < -0.4 is 10.1 Å². The smallest absolute Gasteiger partial charge is 0.123 e. The zero-order chi connectivity index (χ0) is 13.4. The molecule has 0 aliphatic carbocycles. The Kier molecular flexibility index (Phi) is 7.09. The first-order chi connectivity index (χ1) is 8.72. The van der Waals surface area contributed by atoms with Gasteiger partial charge in [-0.2, -0.15) is 0 Å². The zero-order valence-electron chi connectivity index (χ0n) is 11.3. The summed E-state index contributed by atoms with van der Waals surface area (Å²) in [5.41, 5.74) is 1.11. The molecule has 102 valence electrons. The van der Waals surface area contributed by atoms with E-state index in [0.717, 1.165) is 42.3 Å². The minimum absolute atomic E-state index is 0.249. The van der Waals surface area contributed by atoms with Gasteiger partial charge in [0.05, 0.1) is 7.11 Å². The highest BCUT2D eigenvalue weighted by Gasteiger charge is 2.15. The van der Waals surface area contributed by atoms with Gasteiger partial charge in [-0.3, -0.25) is 0 Å². The fraction of sp³-hybridized carbons (Fsp3) is 0.571. The average molecular weight is 272 g/mol. The Morgan fingerprint density at radius 2 is 2.11 bits per heavy atom. The Balaban J connectivity index is 2.85. The van der Waals surface area contributed by atoms with E-state index >= 15 is 0 Å². The van der Waals surface area contributed by atoms with Crippen molar-refractivity contribution in [3.05, 3.63) is 28.8 Å². The summed E-state index contributed by atoms with van der Waals surface area (Å²) in [4.78, 5) is 0. The third-order valence-corrected chi connectivity index (χ3v) is 3.09. The van der Waals surface area contributed by atoms with E-state index < -0.39 is 0 Å². The molecule has 0 aromatic heterocycles. The van der Waals surface area contributed by atoms with Crippen molar-refractivity contribution in [2.75, 3.05) is 27.4 Å². The SMILES string of the molecule is CCNC(CCCOC)c1cc(Cl)ccc1OC. The van der Waals surface area contributed by atoms with Crippen LogP contribution in [-0.4, -0.2) is 27.4 Å². The molecule has 0 amide bonds. The molecule has 0 fully saturated rings. The van der Waals surface area contributed by atoms with E-state index in [4.69, 9.17) is 21.1 Å². The molecule has 1 N–H and O–H groups in total. The van der Waals surface area contributed by atoms with Crippen molar-refractivity contribution in [1.82, 2.24) is 5.32 Å². The number of ether oxygens (including phenoxy) is 2. The molecule has 4 heteroatoms. The van der Waals surface area contributed by atoms with E-state index in [1.165, 1.54) is 0 Å². The maximum Gasteiger partial charge on any atom is 0.123 e. The Labute approximate surface area is 114 Å². The molecule has 1 rings (SSSR count). The Bertz CT molecular complexity index is 358. The van der Waals surface area contributed by atoms with Crippen LogP contribution in [0.3, 0.4) is 0 Å². The molecule has 0 aliphatic rings. The van der Waals surface area contributed by atoms with Gasteiger partial charge in [0.1, 0.15) is 5.75 Å². The molecule has 1 aromatic carbocycles. The molecule has 1 atom stereocenters. The minimum atomic E-state index is 0.249. The number of hydrogen-bond donors (Lipinski definition) is 1. The summed E-state index contributed by atoms with van der Waals surface area (Å²) < 4.78 is 10.5. The quantitative estimate of drug-likeness (QED) is 0.735. The van der Waals surface area contributed by atoms with Gasteiger partial charge >= 0.3 is 0 Å². The highest BCUT2D eigenvalue weighted by Crippen LogP contribution is 2.30. The van der Waals surface area contributed by atoms with E-state index in [1.54, 1.807) is 14.2 Å². The highest BCUT2D eigenvalue weighted by molar-refractivity contribution is 6.30. The maximum absolute atomic E-state index is 6.07. The number of rotatable bonds is 8. The van der Waals surface area contributed by atoms with Crippen LogP contribution in [0.1, 0.15) is 31.4 Å². The van der Waals surface area contributed by atoms with Gasteiger partial charge in [0.2, 0.25) is 0 Å². The van der Waals surface area contributed by atoms with E-state index in [1.807, 2.05) is 18.2 Å². The summed E-state index contributed by atoms with van der Waals surface area (Å²) in [7, 11) is 3.41. The molecule has 0 saturated carbocycles. The van der Waals surface area contributed by atoms with Crippen LogP contribution in [-0.2, 0) is 4.74 Å². The minimum Gasteiger partial charge on any atom is -0.496 e. The predicted octanol–water partition coefficient (Wildman–Crippen LogP) is 3.43. The van der Waals surface area contributed by atoms with Gasteiger partial charge in [0.25, 0.3) is 0 Å². The highest BCUT2D eigenvalue weighted by atomic mass is 35.5. The normalized spacial score (nSPS) is 12.4. The third kappa shape index (κ3) is 4.48. The molecule has 0 aliphatic heterocycles. The van der Waals surface area contributed by atoms with E-state index in [2.05, 4.69) is 12.2 Å². The fourth-order valence-electron chi connectivity index (χ4n) is 2.02. The fourth-order valence-corrected chi connectivity index (χ4v) is 2.20. The Hall–Kier alpha value is -0.770. The van der Waals surface area contributed by atoms with Crippen molar-refractivity contribution in [3.63, 3.8) is 0 Å². The predicted molar refractivity (Wildman–Crippen MR) is 75.5 cm³/mol. The lowest BCUT2D eigenvalue weighted by atomic mass is 10.0. The lowest BCUT2D eigenvalue weighted by Gasteiger charge is -2.21. The summed E-state index contributed by atoms with van der Waals surface area (Å²) in [5, 5.41) is 4.20. The molecule has 18 heavy (non-hydrogen) atoms. The molecule has 0 bridgehead atoms. The number of methoxy groups -OCH3 is 2. The van der Waals surface area contributed by atoms with Crippen LogP contribution in [0.4, 0.5) is 0 Å². The topological polar surface area (TPSA) is 30.5 Å². The Morgan fingerprint density at radius 1 is 1.33 bits per heavy atom. The summed E-state index contributed by atoms with van der Waals surface area (Å²) in [6, 6.07) is 5.99. The summed E-state index contributed by atoms with van der Waals surface area (Å²) in [6.45, 7) is 3.78. The number of hydrogen-bond acceptors (Lipinski definition) is 3. The number of nitrogens with one attached hydrogen (secondary N) is 1. The standard InChI is InChI=1S/C14H22ClNO2/c1-4-16-13(6-5-9-17-2)12-10-11(15)7-8-14(12)18-3/h7-8,10,13,16H,4-6,9H2,1-3H3. The molecule has 1 aromatic rings. The van der Waals surface area contributed by atoms with Crippen molar-refractivity contribution in [2.45, 2.75) is 25.8 Å². The van der Waals surface area contributed by atoms with Gasteiger partial charge in [0.15, 0.2) is 0 Å². The van der Waals surface area contributed by atoms with Crippen molar-refractivity contribution in [1.29, 1.82) is 0 Å². The van der Waals surface area contributed by atoms with Crippen molar-refractivity contribution >= 4 is 11.6 Å².